The predicted octanol–water partition coefficient (Wildman–Crippen LogP) is 2.81. The normalized spacial score (nSPS) is 10.4. The van der Waals surface area contributed by atoms with E-state index in [-0.39, 0.29) is 0 Å². The van der Waals surface area contributed by atoms with Gasteiger partial charge in [0.25, 0.3) is 11.8 Å². The largest absolute Gasteiger partial charge is 0.452 e. The lowest BCUT2D eigenvalue weighted by Crippen LogP contribution is -2.43. The quantitative estimate of drug-likeness (QED) is 0.521. The highest BCUT2D eigenvalue weighted by Gasteiger charge is 2.15. The molecule has 0 spiro atoms. The number of halogens is 1. The molecule has 0 radical (unpaired) electrons. The van der Waals surface area contributed by atoms with Crippen molar-refractivity contribution in [2.24, 2.45) is 0 Å². The van der Waals surface area contributed by atoms with Crippen LogP contribution in [0.1, 0.15) is 26.4 Å². The first-order valence-corrected chi connectivity index (χ1v) is 8.70. The second kappa shape index (κ2) is 8.49. The van der Waals surface area contributed by atoms with Gasteiger partial charge in [-0.05, 0) is 43.3 Å². The smallest absolute Gasteiger partial charge is 0.339 e. The summed E-state index contributed by atoms with van der Waals surface area (Å²) in [5.74, 6) is -1.85. The van der Waals surface area contributed by atoms with Crippen molar-refractivity contribution in [3.05, 3.63) is 76.4 Å². The molecule has 7 nitrogen and oxygen atoms in total. The summed E-state index contributed by atoms with van der Waals surface area (Å²) in [5, 5.41) is 1.13. The van der Waals surface area contributed by atoms with Gasteiger partial charge >= 0.3 is 5.97 Å². The number of amides is 2. The maximum Gasteiger partial charge on any atom is 0.339 e. The second-order valence-electron chi connectivity index (χ2n) is 5.91. The molecule has 0 bridgehead atoms. The molecule has 0 unspecified atom stereocenters. The SMILES string of the molecule is Cc1cc(C(=O)OCC(=O)NNC(=O)c2ccc(Cl)cc2)c2ccccc2n1. The van der Waals surface area contributed by atoms with E-state index in [0.29, 0.717) is 32.7 Å². The standard InChI is InChI=1S/C20H16ClN3O4/c1-12-10-16(15-4-2-3-5-17(15)22-12)20(27)28-11-18(25)23-24-19(26)13-6-8-14(21)9-7-13/h2-10H,11H2,1H3,(H,23,25)(H,24,26). The Hall–Kier alpha value is -3.45. The summed E-state index contributed by atoms with van der Waals surface area (Å²) in [5.41, 5.74) is 6.39. The van der Waals surface area contributed by atoms with Gasteiger partial charge < -0.3 is 4.74 Å². The molecule has 2 aromatic carbocycles. The maximum absolute atomic E-state index is 12.4. The average Bonchev–Trinajstić information content (AvgIpc) is 2.70. The van der Waals surface area contributed by atoms with E-state index in [1.165, 1.54) is 12.1 Å². The van der Waals surface area contributed by atoms with Crippen molar-refractivity contribution < 1.29 is 19.1 Å². The zero-order chi connectivity index (χ0) is 20.1. The number of carbonyl (C=O) groups excluding carboxylic acids is 3. The lowest BCUT2D eigenvalue weighted by atomic mass is 10.1. The second-order valence-corrected chi connectivity index (χ2v) is 6.35. The van der Waals surface area contributed by atoms with E-state index in [2.05, 4.69) is 15.8 Å². The molecule has 0 aliphatic heterocycles. The topological polar surface area (TPSA) is 97.4 Å². The molecule has 2 amide bonds. The molecule has 0 saturated heterocycles. The summed E-state index contributed by atoms with van der Waals surface area (Å²) in [6, 6.07) is 14.9. The molecule has 3 aromatic rings. The monoisotopic (exact) mass is 397 g/mol. The summed E-state index contributed by atoms with van der Waals surface area (Å²) in [6.45, 7) is 1.22. The van der Waals surface area contributed by atoms with Crippen molar-refractivity contribution in [2.45, 2.75) is 6.92 Å². The molecule has 1 heterocycles. The Morgan fingerprint density at radius 3 is 2.50 bits per heavy atom. The Balaban J connectivity index is 1.57. The van der Waals surface area contributed by atoms with Gasteiger partial charge in [-0.3, -0.25) is 25.4 Å². The number of para-hydroxylation sites is 1. The molecule has 2 N–H and O–H groups in total. The molecular formula is C20H16ClN3O4. The fourth-order valence-corrected chi connectivity index (χ4v) is 2.65. The number of hydrogen-bond donors (Lipinski definition) is 2. The highest BCUT2D eigenvalue weighted by Crippen LogP contribution is 2.19. The van der Waals surface area contributed by atoms with Crippen molar-refractivity contribution in [3.8, 4) is 0 Å². The third kappa shape index (κ3) is 4.63. The molecule has 1 aromatic heterocycles. The van der Waals surface area contributed by atoms with Crippen molar-refractivity contribution >= 4 is 40.3 Å². The zero-order valence-electron chi connectivity index (χ0n) is 14.9. The number of aromatic nitrogens is 1. The Kier molecular flexibility index (Phi) is 5.86. The predicted molar refractivity (Wildman–Crippen MR) is 104 cm³/mol. The van der Waals surface area contributed by atoms with E-state index in [4.69, 9.17) is 16.3 Å². The van der Waals surface area contributed by atoms with Gasteiger partial charge in [-0.1, -0.05) is 29.8 Å². The van der Waals surface area contributed by atoms with Crippen LogP contribution in [0.15, 0.2) is 54.6 Å². The number of nitrogens with zero attached hydrogens (tertiary/aromatic N) is 1. The highest BCUT2D eigenvalue weighted by molar-refractivity contribution is 6.30. The summed E-state index contributed by atoms with van der Waals surface area (Å²) in [7, 11) is 0. The van der Waals surface area contributed by atoms with Crippen molar-refractivity contribution in [1.29, 1.82) is 0 Å². The third-order valence-corrected chi connectivity index (χ3v) is 4.07. The first-order chi connectivity index (χ1) is 13.4. The van der Waals surface area contributed by atoms with Crippen LogP contribution in [0.5, 0.6) is 0 Å². The average molecular weight is 398 g/mol. The first kappa shape index (κ1) is 19.3. The number of pyridine rings is 1. The van der Waals surface area contributed by atoms with Gasteiger partial charge in [-0.25, -0.2) is 4.79 Å². The number of aryl methyl sites for hydroxylation is 1. The van der Waals surface area contributed by atoms with E-state index in [9.17, 15) is 14.4 Å². The first-order valence-electron chi connectivity index (χ1n) is 8.32. The van der Waals surface area contributed by atoms with E-state index >= 15 is 0 Å². The summed E-state index contributed by atoms with van der Waals surface area (Å²) in [4.78, 5) is 40.5. The molecule has 0 aliphatic rings. The van der Waals surface area contributed by atoms with Crippen LogP contribution in [0.2, 0.25) is 5.02 Å². The fourth-order valence-electron chi connectivity index (χ4n) is 2.52. The summed E-state index contributed by atoms with van der Waals surface area (Å²) >= 11 is 5.76. The number of rotatable bonds is 4. The Morgan fingerprint density at radius 2 is 1.75 bits per heavy atom. The van der Waals surface area contributed by atoms with E-state index in [1.807, 2.05) is 6.07 Å². The molecule has 8 heteroatoms. The maximum atomic E-state index is 12.4. The minimum Gasteiger partial charge on any atom is -0.452 e. The number of hydrazine groups is 1. The molecule has 0 aliphatic carbocycles. The molecular weight excluding hydrogens is 382 g/mol. The van der Waals surface area contributed by atoms with Gasteiger partial charge in [0.15, 0.2) is 6.61 Å². The lowest BCUT2D eigenvalue weighted by molar-refractivity contribution is -0.125. The number of hydrogen-bond acceptors (Lipinski definition) is 5. The number of carbonyl (C=O) groups is 3. The van der Waals surface area contributed by atoms with E-state index < -0.39 is 24.4 Å². The highest BCUT2D eigenvalue weighted by atomic mass is 35.5. The molecule has 3 rings (SSSR count). The number of benzene rings is 2. The number of ether oxygens (including phenoxy) is 1. The van der Waals surface area contributed by atoms with E-state index in [1.54, 1.807) is 43.3 Å². The van der Waals surface area contributed by atoms with Gasteiger partial charge in [0.1, 0.15) is 0 Å². The van der Waals surface area contributed by atoms with Gasteiger partial charge in [0.2, 0.25) is 0 Å². The zero-order valence-corrected chi connectivity index (χ0v) is 15.6. The van der Waals surface area contributed by atoms with Crippen molar-refractivity contribution in [1.82, 2.24) is 15.8 Å². The van der Waals surface area contributed by atoms with Crippen LogP contribution in [0.25, 0.3) is 10.9 Å². The number of nitrogens with one attached hydrogen (secondary N) is 2. The summed E-state index contributed by atoms with van der Waals surface area (Å²) < 4.78 is 5.06. The van der Waals surface area contributed by atoms with Crippen LogP contribution in [0.4, 0.5) is 0 Å². The van der Waals surface area contributed by atoms with Crippen LogP contribution >= 0.6 is 11.6 Å². The minimum absolute atomic E-state index is 0.320. The summed E-state index contributed by atoms with van der Waals surface area (Å²) in [6.07, 6.45) is 0. The third-order valence-electron chi connectivity index (χ3n) is 3.82. The Labute approximate surface area is 165 Å². The van der Waals surface area contributed by atoms with Crippen molar-refractivity contribution in [2.75, 3.05) is 6.61 Å². The van der Waals surface area contributed by atoms with Gasteiger partial charge in [-0.15, -0.1) is 0 Å². The van der Waals surface area contributed by atoms with Crippen molar-refractivity contribution in [3.63, 3.8) is 0 Å². The number of esters is 1. The molecule has 0 atom stereocenters. The molecule has 28 heavy (non-hydrogen) atoms. The van der Waals surface area contributed by atoms with Gasteiger partial charge in [-0.2, -0.15) is 0 Å². The fraction of sp³-hybridized carbons (Fsp3) is 0.100. The van der Waals surface area contributed by atoms with Crippen LogP contribution < -0.4 is 10.9 Å². The molecule has 142 valence electrons. The van der Waals surface area contributed by atoms with Crippen LogP contribution in [0.3, 0.4) is 0 Å². The lowest BCUT2D eigenvalue weighted by Gasteiger charge is -2.10. The Bertz CT molecular complexity index is 1050. The van der Waals surface area contributed by atoms with Crippen LogP contribution in [0, 0.1) is 6.92 Å². The Morgan fingerprint density at radius 1 is 1.04 bits per heavy atom. The van der Waals surface area contributed by atoms with Gasteiger partial charge in [0, 0.05) is 21.7 Å². The molecule has 0 fully saturated rings. The van der Waals surface area contributed by atoms with Gasteiger partial charge in [0.05, 0.1) is 11.1 Å². The van der Waals surface area contributed by atoms with Crippen LogP contribution in [-0.4, -0.2) is 29.4 Å². The molecule has 0 saturated carbocycles. The van der Waals surface area contributed by atoms with Crippen LogP contribution in [-0.2, 0) is 9.53 Å². The number of fused-ring (bicyclic) bond motifs is 1. The van der Waals surface area contributed by atoms with E-state index in [0.717, 1.165) is 0 Å². The minimum atomic E-state index is -0.675.